The summed E-state index contributed by atoms with van der Waals surface area (Å²) in [6.07, 6.45) is 3.72. The molecule has 0 aliphatic heterocycles. The summed E-state index contributed by atoms with van der Waals surface area (Å²) in [6.45, 7) is 5.69. The first-order valence-corrected chi connectivity index (χ1v) is 6.51. The molecule has 4 nitrogen and oxygen atoms in total. The van der Waals surface area contributed by atoms with Crippen molar-refractivity contribution in [2.45, 2.75) is 46.3 Å². The Kier molecular flexibility index (Phi) is 6.50. The second-order valence-corrected chi connectivity index (χ2v) is 4.59. The molecule has 1 aromatic rings. The van der Waals surface area contributed by atoms with Crippen LogP contribution in [0.3, 0.4) is 0 Å². The summed E-state index contributed by atoms with van der Waals surface area (Å²) in [5.74, 6) is 1.32. The fraction of sp³-hybridized carbons (Fsp3) is 0.643. The Morgan fingerprint density at radius 3 is 2.72 bits per heavy atom. The van der Waals surface area contributed by atoms with Crippen LogP contribution in [0.25, 0.3) is 0 Å². The van der Waals surface area contributed by atoms with Gasteiger partial charge >= 0.3 is 5.97 Å². The van der Waals surface area contributed by atoms with Crippen LogP contribution in [0.15, 0.2) is 16.5 Å². The van der Waals surface area contributed by atoms with Gasteiger partial charge in [0.2, 0.25) is 0 Å². The Morgan fingerprint density at radius 2 is 2.06 bits per heavy atom. The predicted octanol–water partition coefficient (Wildman–Crippen LogP) is 2.96. The number of hydrogen-bond donors (Lipinski definition) is 0. The van der Waals surface area contributed by atoms with Crippen LogP contribution in [0.2, 0.25) is 0 Å². The van der Waals surface area contributed by atoms with Gasteiger partial charge in [0.1, 0.15) is 18.1 Å². The molecular formula is C14H23NO3. The highest BCUT2D eigenvalue weighted by Crippen LogP contribution is 2.11. The average molecular weight is 253 g/mol. The summed E-state index contributed by atoms with van der Waals surface area (Å²) in [5.41, 5.74) is 0. The van der Waals surface area contributed by atoms with E-state index in [1.165, 1.54) is 26.2 Å². The zero-order valence-corrected chi connectivity index (χ0v) is 11.6. The van der Waals surface area contributed by atoms with Crippen LogP contribution in [0, 0.1) is 0 Å². The number of nitrogens with zero attached hydrogens (tertiary/aromatic N) is 1. The third kappa shape index (κ3) is 5.87. The molecule has 0 atom stereocenters. The van der Waals surface area contributed by atoms with Gasteiger partial charge in [-0.2, -0.15) is 0 Å². The normalized spacial score (nSPS) is 10.9. The van der Waals surface area contributed by atoms with E-state index in [0.717, 1.165) is 18.8 Å². The van der Waals surface area contributed by atoms with Gasteiger partial charge in [-0.05, 0) is 32.1 Å². The molecule has 0 amide bonds. The monoisotopic (exact) mass is 253 g/mol. The standard InChI is InChI=1S/C14H23NO3/c1-4-5-6-9-15(3)10-13-7-8-14(18-13)11-17-12(2)16/h7-8H,4-6,9-11H2,1-3H3. The molecule has 102 valence electrons. The molecule has 1 rings (SSSR count). The lowest BCUT2D eigenvalue weighted by molar-refractivity contribution is -0.142. The average Bonchev–Trinajstić information content (AvgIpc) is 2.74. The number of esters is 1. The topological polar surface area (TPSA) is 42.7 Å². The van der Waals surface area contributed by atoms with E-state index in [-0.39, 0.29) is 12.6 Å². The van der Waals surface area contributed by atoms with Gasteiger partial charge in [0, 0.05) is 6.92 Å². The summed E-state index contributed by atoms with van der Waals surface area (Å²) in [5, 5.41) is 0. The number of ether oxygens (including phenoxy) is 1. The van der Waals surface area contributed by atoms with Gasteiger partial charge in [-0.25, -0.2) is 0 Å². The SMILES string of the molecule is CCCCCN(C)Cc1ccc(COC(C)=O)o1. The van der Waals surface area contributed by atoms with E-state index in [1.807, 2.05) is 12.1 Å². The van der Waals surface area contributed by atoms with Gasteiger partial charge in [-0.3, -0.25) is 9.69 Å². The maximum Gasteiger partial charge on any atom is 0.303 e. The number of carbonyl (C=O) groups excluding carboxylic acids is 1. The molecule has 0 unspecified atom stereocenters. The van der Waals surface area contributed by atoms with Gasteiger partial charge < -0.3 is 9.15 Å². The molecule has 0 aromatic carbocycles. The minimum Gasteiger partial charge on any atom is -0.461 e. The maximum absolute atomic E-state index is 10.7. The maximum atomic E-state index is 10.7. The van der Waals surface area contributed by atoms with Crippen LogP contribution in [-0.4, -0.2) is 24.5 Å². The van der Waals surface area contributed by atoms with E-state index in [0.29, 0.717) is 5.76 Å². The molecule has 0 aliphatic carbocycles. The van der Waals surface area contributed by atoms with Crippen molar-refractivity contribution in [1.82, 2.24) is 4.90 Å². The second-order valence-electron chi connectivity index (χ2n) is 4.59. The Hall–Kier alpha value is -1.29. The lowest BCUT2D eigenvalue weighted by Crippen LogP contribution is -2.18. The van der Waals surface area contributed by atoms with E-state index in [1.54, 1.807) is 0 Å². The van der Waals surface area contributed by atoms with Crippen molar-refractivity contribution in [1.29, 1.82) is 0 Å². The van der Waals surface area contributed by atoms with Crippen molar-refractivity contribution in [2.24, 2.45) is 0 Å². The summed E-state index contributed by atoms with van der Waals surface area (Å²) < 4.78 is 10.5. The zero-order chi connectivity index (χ0) is 13.4. The zero-order valence-electron chi connectivity index (χ0n) is 11.6. The third-order valence-corrected chi connectivity index (χ3v) is 2.70. The lowest BCUT2D eigenvalue weighted by Gasteiger charge is -2.14. The van der Waals surface area contributed by atoms with E-state index >= 15 is 0 Å². The first-order chi connectivity index (χ1) is 8.61. The number of rotatable bonds is 8. The number of hydrogen-bond acceptors (Lipinski definition) is 4. The van der Waals surface area contributed by atoms with E-state index in [9.17, 15) is 4.79 Å². The molecule has 0 bridgehead atoms. The molecule has 4 heteroatoms. The minimum atomic E-state index is -0.287. The Morgan fingerprint density at radius 1 is 1.33 bits per heavy atom. The summed E-state index contributed by atoms with van der Waals surface area (Å²) in [6, 6.07) is 3.80. The van der Waals surface area contributed by atoms with Crippen molar-refractivity contribution < 1.29 is 13.9 Å². The molecule has 1 aromatic heterocycles. The molecule has 0 N–H and O–H groups in total. The van der Waals surface area contributed by atoms with Crippen molar-refractivity contribution in [3.63, 3.8) is 0 Å². The van der Waals surface area contributed by atoms with Gasteiger partial charge in [-0.15, -0.1) is 0 Å². The van der Waals surface area contributed by atoms with Crippen LogP contribution < -0.4 is 0 Å². The van der Waals surface area contributed by atoms with Crippen LogP contribution in [0.1, 0.15) is 44.6 Å². The molecule has 0 aliphatic rings. The van der Waals surface area contributed by atoms with Gasteiger partial charge in [0.25, 0.3) is 0 Å². The molecule has 0 fully saturated rings. The van der Waals surface area contributed by atoms with Crippen molar-refractivity contribution >= 4 is 5.97 Å². The van der Waals surface area contributed by atoms with E-state index in [2.05, 4.69) is 18.9 Å². The van der Waals surface area contributed by atoms with Crippen LogP contribution in [0.4, 0.5) is 0 Å². The molecule has 0 spiro atoms. The van der Waals surface area contributed by atoms with Crippen molar-refractivity contribution in [3.8, 4) is 0 Å². The number of carbonyl (C=O) groups is 1. The van der Waals surface area contributed by atoms with E-state index in [4.69, 9.17) is 9.15 Å². The Bertz CT molecular complexity index is 360. The fourth-order valence-electron chi connectivity index (χ4n) is 1.73. The highest BCUT2D eigenvalue weighted by Gasteiger charge is 2.06. The lowest BCUT2D eigenvalue weighted by atomic mass is 10.2. The number of furan rings is 1. The second kappa shape index (κ2) is 7.93. The first kappa shape index (κ1) is 14.8. The summed E-state index contributed by atoms with van der Waals surface area (Å²) >= 11 is 0. The number of unbranched alkanes of at least 4 members (excludes halogenated alkanes) is 2. The molecule has 18 heavy (non-hydrogen) atoms. The van der Waals surface area contributed by atoms with Gasteiger partial charge in [0.05, 0.1) is 6.54 Å². The van der Waals surface area contributed by atoms with Crippen LogP contribution >= 0.6 is 0 Å². The van der Waals surface area contributed by atoms with Crippen molar-refractivity contribution in [3.05, 3.63) is 23.7 Å². The molecule has 1 heterocycles. The van der Waals surface area contributed by atoms with E-state index < -0.39 is 0 Å². The van der Waals surface area contributed by atoms with Gasteiger partial charge in [0.15, 0.2) is 0 Å². The van der Waals surface area contributed by atoms with Crippen molar-refractivity contribution in [2.75, 3.05) is 13.6 Å². The third-order valence-electron chi connectivity index (χ3n) is 2.70. The highest BCUT2D eigenvalue weighted by atomic mass is 16.5. The summed E-state index contributed by atoms with van der Waals surface area (Å²) in [4.78, 5) is 12.9. The molecular weight excluding hydrogens is 230 g/mol. The Balaban J connectivity index is 2.31. The molecule has 0 radical (unpaired) electrons. The smallest absolute Gasteiger partial charge is 0.303 e. The van der Waals surface area contributed by atoms with Crippen LogP contribution in [0.5, 0.6) is 0 Å². The predicted molar refractivity (Wildman–Crippen MR) is 70.0 cm³/mol. The highest BCUT2D eigenvalue weighted by molar-refractivity contribution is 5.65. The van der Waals surface area contributed by atoms with Gasteiger partial charge in [-0.1, -0.05) is 19.8 Å². The fourth-order valence-corrected chi connectivity index (χ4v) is 1.73. The first-order valence-electron chi connectivity index (χ1n) is 6.51. The molecule has 0 saturated heterocycles. The molecule has 0 saturated carbocycles. The largest absolute Gasteiger partial charge is 0.461 e. The minimum absolute atomic E-state index is 0.217. The quantitative estimate of drug-likeness (QED) is 0.527. The van der Waals surface area contributed by atoms with Crippen LogP contribution in [-0.2, 0) is 22.7 Å². The Labute approximate surface area is 109 Å². The summed E-state index contributed by atoms with van der Waals surface area (Å²) in [7, 11) is 2.09.